The monoisotopic (exact) mass is 243 g/mol. The zero-order chi connectivity index (χ0) is 13.1. The summed E-state index contributed by atoms with van der Waals surface area (Å²) < 4.78 is 0. The van der Waals surface area contributed by atoms with Crippen molar-refractivity contribution in [2.45, 2.75) is 26.8 Å². The van der Waals surface area contributed by atoms with Crippen molar-refractivity contribution >= 4 is 5.91 Å². The summed E-state index contributed by atoms with van der Waals surface area (Å²) in [6, 6.07) is 5.76. The van der Waals surface area contributed by atoms with Crippen LogP contribution >= 0.6 is 0 Å². The normalized spacial score (nSPS) is 12.2. The zero-order valence-corrected chi connectivity index (χ0v) is 10.8. The van der Waals surface area contributed by atoms with E-state index >= 15 is 0 Å². The SMILES string of the molecule is Cc1ccc(C(=O)NC(C)c2cn[nH]c2)c(C)c1. The predicted octanol–water partition coefficient (Wildman–Crippen LogP) is 2.52. The number of rotatable bonds is 3. The maximum Gasteiger partial charge on any atom is 0.252 e. The third-order valence-corrected chi connectivity index (χ3v) is 2.99. The molecular weight excluding hydrogens is 226 g/mol. The lowest BCUT2D eigenvalue weighted by molar-refractivity contribution is 0.0939. The van der Waals surface area contributed by atoms with Gasteiger partial charge in [0.25, 0.3) is 5.91 Å². The van der Waals surface area contributed by atoms with E-state index in [9.17, 15) is 4.79 Å². The molecule has 1 unspecified atom stereocenters. The Balaban J connectivity index is 2.12. The highest BCUT2D eigenvalue weighted by Gasteiger charge is 2.13. The van der Waals surface area contributed by atoms with Crippen molar-refractivity contribution in [1.82, 2.24) is 15.5 Å². The van der Waals surface area contributed by atoms with Crippen LogP contribution in [0.3, 0.4) is 0 Å². The van der Waals surface area contributed by atoms with Crippen LogP contribution in [0.2, 0.25) is 0 Å². The summed E-state index contributed by atoms with van der Waals surface area (Å²) in [5.41, 5.74) is 3.84. The molecule has 4 heteroatoms. The van der Waals surface area contributed by atoms with Crippen molar-refractivity contribution in [3.63, 3.8) is 0 Å². The van der Waals surface area contributed by atoms with Gasteiger partial charge in [-0.15, -0.1) is 0 Å². The Morgan fingerprint density at radius 2 is 2.17 bits per heavy atom. The molecule has 94 valence electrons. The Labute approximate surface area is 106 Å². The fourth-order valence-electron chi connectivity index (χ4n) is 1.92. The fraction of sp³-hybridized carbons (Fsp3) is 0.286. The summed E-state index contributed by atoms with van der Waals surface area (Å²) in [5.74, 6) is -0.0544. The number of hydrogen-bond donors (Lipinski definition) is 2. The van der Waals surface area contributed by atoms with E-state index in [1.165, 1.54) is 0 Å². The van der Waals surface area contributed by atoms with Crippen LogP contribution in [0.15, 0.2) is 30.6 Å². The van der Waals surface area contributed by atoms with Crippen molar-refractivity contribution in [2.24, 2.45) is 0 Å². The molecule has 1 amide bonds. The Morgan fingerprint density at radius 3 is 2.78 bits per heavy atom. The molecule has 0 bridgehead atoms. The largest absolute Gasteiger partial charge is 0.345 e. The number of carbonyl (C=O) groups excluding carboxylic acids is 1. The number of aromatic nitrogens is 2. The Hall–Kier alpha value is -2.10. The third kappa shape index (κ3) is 2.59. The van der Waals surface area contributed by atoms with Gasteiger partial charge in [-0.05, 0) is 32.4 Å². The molecule has 2 aromatic rings. The molecule has 0 aliphatic heterocycles. The third-order valence-electron chi connectivity index (χ3n) is 2.99. The first-order valence-corrected chi connectivity index (χ1v) is 5.94. The van der Waals surface area contributed by atoms with E-state index in [-0.39, 0.29) is 11.9 Å². The van der Waals surface area contributed by atoms with E-state index in [4.69, 9.17) is 0 Å². The quantitative estimate of drug-likeness (QED) is 0.870. The van der Waals surface area contributed by atoms with Gasteiger partial charge in [-0.2, -0.15) is 5.10 Å². The van der Waals surface area contributed by atoms with E-state index in [0.717, 1.165) is 22.3 Å². The molecule has 1 aromatic carbocycles. The maximum atomic E-state index is 12.1. The summed E-state index contributed by atoms with van der Waals surface area (Å²) in [7, 11) is 0. The van der Waals surface area contributed by atoms with E-state index in [0.29, 0.717) is 0 Å². The van der Waals surface area contributed by atoms with Gasteiger partial charge in [-0.3, -0.25) is 9.89 Å². The lowest BCUT2D eigenvalue weighted by Gasteiger charge is -2.13. The molecule has 0 saturated carbocycles. The molecule has 1 atom stereocenters. The van der Waals surface area contributed by atoms with Crippen molar-refractivity contribution in [2.75, 3.05) is 0 Å². The molecule has 1 heterocycles. The summed E-state index contributed by atoms with van der Waals surface area (Å²) in [6.45, 7) is 5.90. The summed E-state index contributed by atoms with van der Waals surface area (Å²) in [6.07, 6.45) is 3.50. The number of nitrogens with one attached hydrogen (secondary N) is 2. The molecule has 0 spiro atoms. The minimum Gasteiger partial charge on any atom is -0.345 e. The number of aryl methyl sites for hydroxylation is 2. The molecule has 0 aliphatic rings. The molecule has 0 saturated heterocycles. The smallest absolute Gasteiger partial charge is 0.252 e. The molecule has 18 heavy (non-hydrogen) atoms. The van der Waals surface area contributed by atoms with E-state index < -0.39 is 0 Å². The summed E-state index contributed by atoms with van der Waals surface area (Å²) in [4.78, 5) is 12.1. The van der Waals surface area contributed by atoms with E-state index in [1.54, 1.807) is 12.4 Å². The van der Waals surface area contributed by atoms with Gasteiger partial charge >= 0.3 is 0 Å². The molecule has 0 aliphatic carbocycles. The average Bonchev–Trinajstić information content (AvgIpc) is 2.81. The van der Waals surface area contributed by atoms with Crippen molar-refractivity contribution < 1.29 is 4.79 Å². The highest BCUT2D eigenvalue weighted by atomic mass is 16.1. The van der Waals surface area contributed by atoms with E-state index in [2.05, 4.69) is 15.5 Å². The van der Waals surface area contributed by atoms with Crippen LogP contribution in [0.4, 0.5) is 0 Å². The minimum atomic E-state index is -0.0584. The van der Waals surface area contributed by atoms with E-state index in [1.807, 2.05) is 39.0 Å². The van der Waals surface area contributed by atoms with Crippen LogP contribution in [-0.4, -0.2) is 16.1 Å². The first kappa shape index (κ1) is 12.4. The number of aromatic amines is 1. The maximum absolute atomic E-state index is 12.1. The minimum absolute atomic E-state index is 0.0544. The van der Waals surface area contributed by atoms with Crippen LogP contribution in [0.5, 0.6) is 0 Å². The second kappa shape index (κ2) is 5.04. The lowest BCUT2D eigenvalue weighted by Crippen LogP contribution is -2.27. The number of nitrogens with zero attached hydrogens (tertiary/aromatic N) is 1. The molecule has 4 nitrogen and oxygen atoms in total. The fourth-order valence-corrected chi connectivity index (χ4v) is 1.92. The van der Waals surface area contributed by atoms with Gasteiger partial charge in [0.2, 0.25) is 0 Å². The highest BCUT2D eigenvalue weighted by Crippen LogP contribution is 2.14. The first-order valence-electron chi connectivity index (χ1n) is 5.94. The molecule has 1 aromatic heterocycles. The van der Waals surface area contributed by atoms with Gasteiger partial charge in [0.15, 0.2) is 0 Å². The number of hydrogen-bond acceptors (Lipinski definition) is 2. The summed E-state index contributed by atoms with van der Waals surface area (Å²) in [5, 5.41) is 9.58. The Morgan fingerprint density at radius 1 is 1.39 bits per heavy atom. The molecule has 0 fully saturated rings. The molecule has 2 N–H and O–H groups in total. The van der Waals surface area contributed by atoms with Gasteiger partial charge in [0, 0.05) is 17.3 Å². The zero-order valence-electron chi connectivity index (χ0n) is 10.8. The van der Waals surface area contributed by atoms with Crippen LogP contribution in [0.1, 0.15) is 40.0 Å². The van der Waals surface area contributed by atoms with Gasteiger partial charge in [-0.1, -0.05) is 17.7 Å². The molecule has 0 radical (unpaired) electrons. The second-order valence-corrected chi connectivity index (χ2v) is 4.55. The van der Waals surface area contributed by atoms with Crippen molar-refractivity contribution in [1.29, 1.82) is 0 Å². The average molecular weight is 243 g/mol. The standard InChI is InChI=1S/C14H17N3O/c1-9-4-5-13(10(2)6-9)14(18)17-11(3)12-7-15-16-8-12/h4-8,11H,1-3H3,(H,15,16)(H,17,18). The summed E-state index contributed by atoms with van der Waals surface area (Å²) >= 11 is 0. The van der Waals surface area contributed by atoms with Gasteiger partial charge < -0.3 is 5.32 Å². The number of amides is 1. The van der Waals surface area contributed by atoms with Gasteiger partial charge in [-0.25, -0.2) is 0 Å². The first-order chi connectivity index (χ1) is 8.58. The number of benzene rings is 1. The topological polar surface area (TPSA) is 57.8 Å². The number of carbonyl (C=O) groups is 1. The lowest BCUT2D eigenvalue weighted by atomic mass is 10.0. The van der Waals surface area contributed by atoms with Crippen molar-refractivity contribution in [3.05, 3.63) is 52.8 Å². The highest BCUT2D eigenvalue weighted by molar-refractivity contribution is 5.95. The molecule has 2 rings (SSSR count). The Kier molecular flexibility index (Phi) is 3.46. The second-order valence-electron chi connectivity index (χ2n) is 4.55. The predicted molar refractivity (Wildman–Crippen MR) is 70.4 cm³/mol. The van der Waals surface area contributed by atoms with Crippen LogP contribution in [0.25, 0.3) is 0 Å². The van der Waals surface area contributed by atoms with Gasteiger partial charge in [0.1, 0.15) is 0 Å². The van der Waals surface area contributed by atoms with Crippen LogP contribution in [-0.2, 0) is 0 Å². The number of H-pyrrole nitrogens is 1. The van der Waals surface area contributed by atoms with Crippen molar-refractivity contribution in [3.8, 4) is 0 Å². The Bertz CT molecular complexity index is 546. The molecular formula is C14H17N3O. The van der Waals surface area contributed by atoms with Crippen LogP contribution in [0, 0.1) is 13.8 Å². The van der Waals surface area contributed by atoms with Gasteiger partial charge in [0.05, 0.1) is 12.2 Å². The van der Waals surface area contributed by atoms with Crippen LogP contribution < -0.4 is 5.32 Å².